The molecule has 0 radical (unpaired) electrons. The second-order valence-corrected chi connectivity index (χ2v) is 4.68. The Kier molecular flexibility index (Phi) is 6.66. The number of non-ortho nitro benzene ring substituents is 1. The van der Waals surface area contributed by atoms with Gasteiger partial charge in [0.1, 0.15) is 0 Å². The van der Waals surface area contributed by atoms with Gasteiger partial charge in [-0.15, -0.1) is 0 Å². The molecule has 0 saturated heterocycles. The molecule has 20 heavy (non-hydrogen) atoms. The van der Waals surface area contributed by atoms with Crippen molar-refractivity contribution in [1.82, 2.24) is 5.32 Å². The monoisotopic (exact) mass is 280 g/mol. The molecule has 0 saturated carbocycles. The molecular formula is C14H20N2O4. The predicted octanol–water partition coefficient (Wildman–Crippen LogP) is 2.12. The first-order valence-corrected chi connectivity index (χ1v) is 6.72. The Balaban J connectivity index is 2.55. The molecule has 0 aromatic heterocycles. The minimum atomic E-state index is -0.500. The lowest BCUT2D eigenvalue weighted by atomic mass is 10.00. The molecule has 0 aliphatic carbocycles. The summed E-state index contributed by atoms with van der Waals surface area (Å²) in [4.78, 5) is 21.9. The summed E-state index contributed by atoms with van der Waals surface area (Å²) < 4.78 is 0. The SMILES string of the molecule is CCCC(CCO)CNC(=O)c1ccc([N+](=O)[O-])cc1. The average Bonchev–Trinajstić information content (AvgIpc) is 2.45. The van der Waals surface area contributed by atoms with Crippen LogP contribution in [0.25, 0.3) is 0 Å². The van der Waals surface area contributed by atoms with Gasteiger partial charge in [-0.2, -0.15) is 0 Å². The van der Waals surface area contributed by atoms with Gasteiger partial charge in [0, 0.05) is 30.8 Å². The van der Waals surface area contributed by atoms with Crippen molar-refractivity contribution in [2.24, 2.45) is 5.92 Å². The van der Waals surface area contributed by atoms with E-state index < -0.39 is 4.92 Å². The second-order valence-electron chi connectivity index (χ2n) is 4.68. The molecule has 6 heteroatoms. The number of nitro benzene ring substituents is 1. The number of carbonyl (C=O) groups excluding carboxylic acids is 1. The van der Waals surface area contributed by atoms with Crippen LogP contribution in [-0.2, 0) is 0 Å². The molecule has 0 fully saturated rings. The average molecular weight is 280 g/mol. The van der Waals surface area contributed by atoms with Crippen LogP contribution >= 0.6 is 0 Å². The van der Waals surface area contributed by atoms with Gasteiger partial charge in [0.15, 0.2) is 0 Å². The minimum absolute atomic E-state index is 0.0364. The maximum atomic E-state index is 11.9. The molecule has 0 aliphatic heterocycles. The quantitative estimate of drug-likeness (QED) is 0.563. The van der Waals surface area contributed by atoms with Crippen LogP contribution in [0.3, 0.4) is 0 Å². The highest BCUT2D eigenvalue weighted by Gasteiger charge is 2.12. The maximum absolute atomic E-state index is 11.9. The lowest BCUT2D eigenvalue weighted by Crippen LogP contribution is -2.29. The van der Waals surface area contributed by atoms with Crippen LogP contribution in [0.1, 0.15) is 36.5 Å². The van der Waals surface area contributed by atoms with E-state index in [2.05, 4.69) is 12.2 Å². The van der Waals surface area contributed by atoms with E-state index >= 15 is 0 Å². The highest BCUT2D eigenvalue weighted by atomic mass is 16.6. The third-order valence-electron chi connectivity index (χ3n) is 3.13. The van der Waals surface area contributed by atoms with Gasteiger partial charge in [0.05, 0.1) is 4.92 Å². The zero-order valence-corrected chi connectivity index (χ0v) is 11.5. The number of benzene rings is 1. The van der Waals surface area contributed by atoms with E-state index in [1.54, 1.807) is 0 Å². The number of hydrogen-bond acceptors (Lipinski definition) is 4. The van der Waals surface area contributed by atoms with Gasteiger partial charge in [-0.3, -0.25) is 14.9 Å². The topological polar surface area (TPSA) is 92.5 Å². The van der Waals surface area contributed by atoms with E-state index in [1.165, 1.54) is 24.3 Å². The maximum Gasteiger partial charge on any atom is 0.269 e. The number of aliphatic hydroxyl groups excluding tert-OH is 1. The van der Waals surface area contributed by atoms with E-state index in [9.17, 15) is 14.9 Å². The van der Waals surface area contributed by atoms with Gasteiger partial charge in [-0.1, -0.05) is 13.3 Å². The zero-order chi connectivity index (χ0) is 15.0. The molecule has 0 heterocycles. The number of amides is 1. The van der Waals surface area contributed by atoms with E-state index in [0.717, 1.165) is 12.8 Å². The summed E-state index contributed by atoms with van der Waals surface area (Å²) in [5.74, 6) is 0.00550. The van der Waals surface area contributed by atoms with E-state index in [-0.39, 0.29) is 24.1 Å². The molecule has 1 amide bonds. The summed E-state index contributed by atoms with van der Waals surface area (Å²) in [5, 5.41) is 22.3. The molecule has 0 spiro atoms. The largest absolute Gasteiger partial charge is 0.396 e. The standard InChI is InChI=1S/C14H20N2O4/c1-2-3-11(8-9-17)10-15-14(18)12-4-6-13(7-5-12)16(19)20/h4-7,11,17H,2-3,8-10H2,1H3,(H,15,18). The molecule has 0 aliphatic rings. The number of rotatable bonds is 8. The molecule has 1 unspecified atom stereocenters. The number of hydrogen-bond donors (Lipinski definition) is 2. The fourth-order valence-electron chi connectivity index (χ4n) is 2.01. The molecule has 1 atom stereocenters. The van der Waals surface area contributed by atoms with E-state index in [1.807, 2.05) is 0 Å². The van der Waals surface area contributed by atoms with Crippen molar-refractivity contribution in [3.05, 3.63) is 39.9 Å². The van der Waals surface area contributed by atoms with E-state index in [0.29, 0.717) is 18.5 Å². The molecule has 1 aromatic rings. The van der Waals surface area contributed by atoms with Crippen molar-refractivity contribution in [2.45, 2.75) is 26.2 Å². The smallest absolute Gasteiger partial charge is 0.269 e. The molecule has 0 bridgehead atoms. The van der Waals surface area contributed by atoms with E-state index in [4.69, 9.17) is 5.11 Å². The minimum Gasteiger partial charge on any atom is -0.396 e. The van der Waals surface area contributed by atoms with Crippen molar-refractivity contribution < 1.29 is 14.8 Å². The predicted molar refractivity (Wildman–Crippen MR) is 75.5 cm³/mol. The number of carbonyl (C=O) groups is 1. The summed E-state index contributed by atoms with van der Waals surface area (Å²) in [6.07, 6.45) is 2.60. The normalized spacial score (nSPS) is 11.9. The number of nitrogens with one attached hydrogen (secondary N) is 1. The summed E-state index contributed by atoms with van der Waals surface area (Å²) in [5.41, 5.74) is 0.362. The van der Waals surface area contributed by atoms with Crippen molar-refractivity contribution in [3.8, 4) is 0 Å². The van der Waals surface area contributed by atoms with Gasteiger partial charge in [0.2, 0.25) is 0 Å². The van der Waals surface area contributed by atoms with Gasteiger partial charge >= 0.3 is 0 Å². The highest BCUT2D eigenvalue weighted by Crippen LogP contribution is 2.13. The first kappa shape index (κ1) is 16.1. The Labute approximate surface area is 118 Å². The number of nitrogens with zero attached hydrogens (tertiary/aromatic N) is 1. The number of aliphatic hydroxyl groups is 1. The van der Waals surface area contributed by atoms with Gasteiger partial charge in [-0.05, 0) is 30.9 Å². The molecule has 6 nitrogen and oxygen atoms in total. The summed E-state index contributed by atoms with van der Waals surface area (Å²) in [6, 6.07) is 5.50. The molecule has 110 valence electrons. The van der Waals surface area contributed by atoms with Gasteiger partial charge in [0.25, 0.3) is 11.6 Å². The Hall–Kier alpha value is -1.95. The Morgan fingerprint density at radius 1 is 1.35 bits per heavy atom. The summed E-state index contributed by atoms with van der Waals surface area (Å²) in [6.45, 7) is 2.67. The van der Waals surface area contributed by atoms with Crippen LogP contribution in [0.4, 0.5) is 5.69 Å². The highest BCUT2D eigenvalue weighted by molar-refractivity contribution is 5.94. The Bertz CT molecular complexity index is 439. The molecular weight excluding hydrogens is 260 g/mol. The fraction of sp³-hybridized carbons (Fsp3) is 0.500. The third kappa shape index (κ3) is 4.97. The first-order valence-electron chi connectivity index (χ1n) is 6.72. The van der Waals surface area contributed by atoms with Crippen molar-refractivity contribution in [3.63, 3.8) is 0 Å². The van der Waals surface area contributed by atoms with Crippen LogP contribution in [-0.4, -0.2) is 29.1 Å². The molecule has 1 aromatic carbocycles. The summed E-state index contributed by atoms with van der Waals surface area (Å²) >= 11 is 0. The third-order valence-corrected chi connectivity index (χ3v) is 3.13. The molecule has 1 rings (SSSR count). The fourth-order valence-corrected chi connectivity index (χ4v) is 2.01. The first-order chi connectivity index (χ1) is 9.58. The Morgan fingerprint density at radius 2 is 2.00 bits per heavy atom. The van der Waals surface area contributed by atoms with Crippen LogP contribution in [0.15, 0.2) is 24.3 Å². The summed E-state index contributed by atoms with van der Waals surface area (Å²) in [7, 11) is 0. The molecule has 2 N–H and O–H groups in total. The van der Waals surface area contributed by atoms with Crippen LogP contribution in [0, 0.1) is 16.0 Å². The van der Waals surface area contributed by atoms with Crippen LogP contribution in [0.2, 0.25) is 0 Å². The zero-order valence-electron chi connectivity index (χ0n) is 11.5. The lowest BCUT2D eigenvalue weighted by Gasteiger charge is -2.15. The lowest BCUT2D eigenvalue weighted by molar-refractivity contribution is -0.384. The van der Waals surface area contributed by atoms with Crippen molar-refractivity contribution in [2.75, 3.05) is 13.2 Å². The van der Waals surface area contributed by atoms with Crippen molar-refractivity contribution >= 4 is 11.6 Å². The van der Waals surface area contributed by atoms with Crippen LogP contribution in [0.5, 0.6) is 0 Å². The van der Waals surface area contributed by atoms with Gasteiger partial charge < -0.3 is 10.4 Å². The number of nitro groups is 1. The Morgan fingerprint density at radius 3 is 2.50 bits per heavy atom. The van der Waals surface area contributed by atoms with Crippen LogP contribution < -0.4 is 5.32 Å². The second kappa shape index (κ2) is 8.27. The van der Waals surface area contributed by atoms with Gasteiger partial charge in [-0.25, -0.2) is 0 Å². The van der Waals surface area contributed by atoms with Crippen molar-refractivity contribution in [1.29, 1.82) is 0 Å².